The number of rotatable bonds is 4. The van der Waals surface area contributed by atoms with Gasteiger partial charge in [0.2, 0.25) is 0 Å². The molecule has 0 bridgehead atoms. The van der Waals surface area contributed by atoms with Gasteiger partial charge in [0.15, 0.2) is 0 Å². The van der Waals surface area contributed by atoms with Gasteiger partial charge < -0.3 is 0 Å². The molecular formula is C16H26N2O. The Morgan fingerprint density at radius 2 is 2.21 bits per heavy atom. The van der Waals surface area contributed by atoms with Crippen LogP contribution in [0.25, 0.3) is 0 Å². The van der Waals surface area contributed by atoms with Crippen LogP contribution in [0.3, 0.4) is 0 Å². The SMILES string of the molecule is CCn1nc(C)cc1CC1CC(C(C)C)CCC1=O. The summed E-state index contributed by atoms with van der Waals surface area (Å²) in [4.78, 5) is 12.1. The number of nitrogens with zero attached hydrogens (tertiary/aromatic N) is 2. The Hall–Kier alpha value is -1.12. The third-order valence-corrected chi connectivity index (χ3v) is 4.49. The average Bonchev–Trinajstić information content (AvgIpc) is 2.72. The average molecular weight is 262 g/mol. The molecule has 0 N–H and O–H groups in total. The van der Waals surface area contributed by atoms with Gasteiger partial charge in [-0.05, 0) is 51.0 Å². The second kappa shape index (κ2) is 5.89. The summed E-state index contributed by atoms with van der Waals surface area (Å²) in [6, 6.07) is 2.13. The molecule has 1 heterocycles. The summed E-state index contributed by atoms with van der Waals surface area (Å²) in [6.07, 6.45) is 3.78. The molecule has 1 aromatic rings. The van der Waals surface area contributed by atoms with Crippen LogP contribution in [0.15, 0.2) is 6.07 Å². The molecule has 2 unspecified atom stereocenters. The van der Waals surface area contributed by atoms with Gasteiger partial charge in [0, 0.05) is 24.6 Å². The minimum atomic E-state index is 0.211. The molecule has 19 heavy (non-hydrogen) atoms. The Bertz CT molecular complexity index is 448. The van der Waals surface area contributed by atoms with Crippen LogP contribution < -0.4 is 0 Å². The topological polar surface area (TPSA) is 34.9 Å². The normalized spacial score (nSPS) is 24.2. The van der Waals surface area contributed by atoms with E-state index in [4.69, 9.17) is 0 Å². The summed E-state index contributed by atoms with van der Waals surface area (Å²) < 4.78 is 2.04. The predicted octanol–water partition coefficient (Wildman–Crippen LogP) is 3.40. The molecule has 1 aliphatic rings. The number of carbonyl (C=O) groups excluding carboxylic acids is 1. The highest BCUT2D eigenvalue weighted by molar-refractivity contribution is 5.82. The Balaban J connectivity index is 2.09. The maximum absolute atomic E-state index is 12.1. The molecule has 0 radical (unpaired) electrons. The van der Waals surface area contributed by atoms with Crippen molar-refractivity contribution in [1.29, 1.82) is 0 Å². The Morgan fingerprint density at radius 1 is 1.47 bits per heavy atom. The lowest BCUT2D eigenvalue weighted by molar-refractivity contribution is -0.126. The van der Waals surface area contributed by atoms with Gasteiger partial charge in [0.25, 0.3) is 0 Å². The van der Waals surface area contributed by atoms with E-state index in [1.54, 1.807) is 0 Å². The summed E-state index contributed by atoms with van der Waals surface area (Å²) in [5, 5.41) is 4.48. The number of aromatic nitrogens is 2. The van der Waals surface area contributed by atoms with Crippen LogP contribution in [0.5, 0.6) is 0 Å². The van der Waals surface area contributed by atoms with E-state index in [-0.39, 0.29) is 5.92 Å². The van der Waals surface area contributed by atoms with E-state index >= 15 is 0 Å². The fourth-order valence-electron chi connectivity index (χ4n) is 3.24. The van der Waals surface area contributed by atoms with Crippen molar-refractivity contribution in [2.45, 2.75) is 59.9 Å². The number of hydrogen-bond acceptors (Lipinski definition) is 2. The molecule has 0 spiro atoms. The van der Waals surface area contributed by atoms with E-state index in [1.807, 2.05) is 11.6 Å². The van der Waals surface area contributed by atoms with Crippen LogP contribution in [-0.4, -0.2) is 15.6 Å². The molecule has 2 rings (SSSR count). The number of aryl methyl sites for hydroxylation is 2. The molecule has 106 valence electrons. The lowest BCUT2D eigenvalue weighted by atomic mass is 9.74. The molecule has 0 amide bonds. The van der Waals surface area contributed by atoms with Gasteiger partial charge in [0.05, 0.1) is 5.69 Å². The minimum absolute atomic E-state index is 0.211. The molecule has 0 aromatic carbocycles. The van der Waals surface area contributed by atoms with E-state index < -0.39 is 0 Å². The molecule has 1 aliphatic carbocycles. The molecule has 3 heteroatoms. The molecule has 1 saturated carbocycles. The van der Waals surface area contributed by atoms with Crippen molar-refractivity contribution in [2.24, 2.45) is 17.8 Å². The molecule has 3 nitrogen and oxygen atoms in total. The van der Waals surface area contributed by atoms with E-state index in [9.17, 15) is 4.79 Å². The summed E-state index contributed by atoms with van der Waals surface area (Å²) in [7, 11) is 0. The lowest BCUT2D eigenvalue weighted by Gasteiger charge is -2.30. The third kappa shape index (κ3) is 3.26. The highest BCUT2D eigenvalue weighted by Crippen LogP contribution is 2.33. The molecule has 0 saturated heterocycles. The van der Waals surface area contributed by atoms with E-state index in [2.05, 4.69) is 31.9 Å². The Kier molecular flexibility index (Phi) is 4.43. The number of carbonyl (C=O) groups is 1. The highest BCUT2D eigenvalue weighted by atomic mass is 16.1. The van der Waals surface area contributed by atoms with Crippen molar-refractivity contribution in [3.63, 3.8) is 0 Å². The van der Waals surface area contributed by atoms with E-state index in [0.717, 1.165) is 37.9 Å². The summed E-state index contributed by atoms with van der Waals surface area (Å²) in [6.45, 7) is 9.57. The first-order valence-electron chi connectivity index (χ1n) is 7.57. The smallest absolute Gasteiger partial charge is 0.136 e. The quantitative estimate of drug-likeness (QED) is 0.833. The van der Waals surface area contributed by atoms with E-state index in [1.165, 1.54) is 5.69 Å². The van der Waals surface area contributed by atoms with Crippen LogP contribution in [0, 0.1) is 24.7 Å². The second-order valence-corrected chi connectivity index (χ2v) is 6.24. The summed E-state index contributed by atoms with van der Waals surface area (Å²) in [5.41, 5.74) is 2.28. The first-order chi connectivity index (χ1) is 9.01. The van der Waals surface area contributed by atoms with Crippen LogP contribution in [0.1, 0.15) is 51.4 Å². The van der Waals surface area contributed by atoms with Crippen molar-refractivity contribution in [2.75, 3.05) is 0 Å². The van der Waals surface area contributed by atoms with Crippen molar-refractivity contribution in [3.05, 3.63) is 17.5 Å². The third-order valence-electron chi connectivity index (χ3n) is 4.49. The lowest BCUT2D eigenvalue weighted by Crippen LogP contribution is -2.29. The van der Waals surface area contributed by atoms with Crippen molar-refractivity contribution in [3.8, 4) is 0 Å². The molecular weight excluding hydrogens is 236 g/mol. The fraction of sp³-hybridized carbons (Fsp3) is 0.750. The number of ketones is 1. The van der Waals surface area contributed by atoms with Crippen molar-refractivity contribution < 1.29 is 4.79 Å². The maximum atomic E-state index is 12.1. The van der Waals surface area contributed by atoms with Gasteiger partial charge >= 0.3 is 0 Å². The van der Waals surface area contributed by atoms with Gasteiger partial charge in [0.1, 0.15) is 5.78 Å². The zero-order chi connectivity index (χ0) is 14.0. The maximum Gasteiger partial charge on any atom is 0.136 e. The highest BCUT2D eigenvalue weighted by Gasteiger charge is 2.30. The largest absolute Gasteiger partial charge is 0.299 e. The second-order valence-electron chi connectivity index (χ2n) is 6.24. The van der Waals surface area contributed by atoms with Gasteiger partial charge in [-0.1, -0.05) is 13.8 Å². The van der Waals surface area contributed by atoms with Crippen LogP contribution in [0.2, 0.25) is 0 Å². The van der Waals surface area contributed by atoms with Crippen molar-refractivity contribution in [1.82, 2.24) is 9.78 Å². The minimum Gasteiger partial charge on any atom is -0.299 e. The monoisotopic (exact) mass is 262 g/mol. The van der Waals surface area contributed by atoms with Gasteiger partial charge in [-0.15, -0.1) is 0 Å². The first-order valence-corrected chi connectivity index (χ1v) is 7.57. The number of hydrogen-bond donors (Lipinski definition) is 0. The molecule has 2 atom stereocenters. The molecule has 1 aromatic heterocycles. The fourth-order valence-corrected chi connectivity index (χ4v) is 3.24. The number of Topliss-reactive ketones (excluding diaryl/α,β-unsaturated/α-hetero) is 1. The van der Waals surface area contributed by atoms with Gasteiger partial charge in [-0.25, -0.2) is 0 Å². The standard InChI is InChI=1S/C16H26N2O/c1-5-18-15(8-12(4)17-18)10-14-9-13(11(2)3)6-7-16(14)19/h8,11,13-14H,5-7,9-10H2,1-4H3. The zero-order valence-electron chi connectivity index (χ0n) is 12.6. The first kappa shape index (κ1) is 14.3. The van der Waals surface area contributed by atoms with E-state index in [0.29, 0.717) is 17.6 Å². The molecule has 0 aliphatic heterocycles. The van der Waals surface area contributed by atoms with Crippen molar-refractivity contribution >= 4 is 5.78 Å². The Labute approximate surface area is 116 Å². The summed E-state index contributed by atoms with van der Waals surface area (Å²) >= 11 is 0. The van der Waals surface area contributed by atoms with Crippen LogP contribution >= 0.6 is 0 Å². The van der Waals surface area contributed by atoms with Crippen LogP contribution in [0.4, 0.5) is 0 Å². The van der Waals surface area contributed by atoms with Crippen LogP contribution in [-0.2, 0) is 17.8 Å². The van der Waals surface area contributed by atoms with Gasteiger partial charge in [-0.2, -0.15) is 5.10 Å². The Morgan fingerprint density at radius 3 is 2.84 bits per heavy atom. The summed E-state index contributed by atoms with van der Waals surface area (Å²) in [5.74, 6) is 2.07. The predicted molar refractivity (Wildman–Crippen MR) is 77.0 cm³/mol. The zero-order valence-corrected chi connectivity index (χ0v) is 12.6. The molecule has 1 fully saturated rings. The van der Waals surface area contributed by atoms with Gasteiger partial charge in [-0.3, -0.25) is 9.48 Å².